The Morgan fingerprint density at radius 1 is 1.02 bits per heavy atom. The first-order valence-corrected chi connectivity index (χ1v) is 14.0. The number of rotatable bonds is 6. The van der Waals surface area contributed by atoms with Crippen LogP contribution in [0.15, 0.2) is 42.6 Å². The third-order valence-corrected chi connectivity index (χ3v) is 8.20. The van der Waals surface area contributed by atoms with Gasteiger partial charge in [-0.15, -0.1) is 0 Å². The molecule has 0 saturated carbocycles. The van der Waals surface area contributed by atoms with Gasteiger partial charge in [0, 0.05) is 56.6 Å². The van der Waals surface area contributed by atoms with E-state index in [-0.39, 0.29) is 11.7 Å². The van der Waals surface area contributed by atoms with E-state index in [9.17, 15) is 18.0 Å². The lowest BCUT2D eigenvalue weighted by molar-refractivity contribution is -0.137. The minimum atomic E-state index is -4.49. The lowest BCUT2D eigenvalue weighted by Gasteiger charge is -2.25. The molecule has 4 heterocycles. The highest BCUT2D eigenvalue weighted by molar-refractivity contribution is 5.87. The van der Waals surface area contributed by atoms with E-state index >= 15 is 0 Å². The maximum Gasteiger partial charge on any atom is 0.419 e. The van der Waals surface area contributed by atoms with Crippen LogP contribution in [-0.2, 0) is 29.2 Å². The molecule has 41 heavy (non-hydrogen) atoms. The summed E-state index contributed by atoms with van der Waals surface area (Å²) in [5.41, 5.74) is 1.97. The first-order valence-electron chi connectivity index (χ1n) is 14.0. The smallest absolute Gasteiger partial charge is 0.358 e. The molecule has 1 fully saturated rings. The molecular weight excluding hydrogens is 531 g/mol. The summed E-state index contributed by atoms with van der Waals surface area (Å²) in [7, 11) is 1.62. The van der Waals surface area contributed by atoms with Crippen LogP contribution < -0.4 is 20.4 Å². The number of pyridine rings is 1. The Balaban J connectivity index is 1.48. The maximum atomic E-state index is 13.8. The number of alkyl halides is 3. The quantitative estimate of drug-likeness (QED) is 0.421. The Bertz CT molecular complexity index is 1410. The Hall–Kier alpha value is -3.89. The Labute approximate surface area is 238 Å². The van der Waals surface area contributed by atoms with Crippen LogP contribution in [0, 0.1) is 0 Å². The Kier molecular flexibility index (Phi) is 7.80. The zero-order valence-electron chi connectivity index (χ0n) is 23.8. The Morgan fingerprint density at radius 3 is 2.41 bits per heavy atom. The summed E-state index contributed by atoms with van der Waals surface area (Å²) >= 11 is 0. The van der Waals surface area contributed by atoms with Crippen molar-refractivity contribution >= 4 is 29.2 Å². The summed E-state index contributed by atoms with van der Waals surface area (Å²) < 4.78 is 41.3. The van der Waals surface area contributed by atoms with E-state index in [0.29, 0.717) is 43.7 Å². The molecule has 2 N–H and O–H groups in total. The third kappa shape index (κ3) is 5.80. The number of amides is 1. The van der Waals surface area contributed by atoms with E-state index in [1.54, 1.807) is 11.9 Å². The number of carbonyl (C=O) groups is 1. The highest BCUT2D eigenvalue weighted by atomic mass is 19.4. The molecule has 1 amide bonds. The number of benzene rings is 1. The topological polar surface area (TPSA) is 86.3 Å². The van der Waals surface area contributed by atoms with Crippen LogP contribution in [0.25, 0.3) is 0 Å². The average molecular weight is 568 g/mol. The normalized spacial score (nSPS) is 17.7. The summed E-state index contributed by atoms with van der Waals surface area (Å²) in [5.74, 6) is 1.16. The van der Waals surface area contributed by atoms with Gasteiger partial charge in [0.15, 0.2) is 0 Å². The molecule has 2 aliphatic rings. The molecule has 1 aromatic carbocycles. The van der Waals surface area contributed by atoms with Crippen molar-refractivity contribution in [1.82, 2.24) is 20.3 Å². The lowest BCUT2D eigenvalue weighted by atomic mass is 9.83. The molecular formula is C30H36F3N7O. The number of nitrogens with one attached hydrogen (secondary N) is 2. The van der Waals surface area contributed by atoms with Crippen LogP contribution in [0.5, 0.6) is 0 Å². The minimum absolute atomic E-state index is 0.0574. The monoisotopic (exact) mass is 567 g/mol. The first-order chi connectivity index (χ1) is 19.5. The van der Waals surface area contributed by atoms with Gasteiger partial charge in [-0.25, -0.2) is 9.97 Å². The number of halogens is 3. The van der Waals surface area contributed by atoms with Crippen molar-refractivity contribution in [2.75, 3.05) is 41.8 Å². The summed E-state index contributed by atoms with van der Waals surface area (Å²) in [6.45, 7) is 7.48. The molecule has 2 aromatic heterocycles. The van der Waals surface area contributed by atoms with Crippen LogP contribution in [0.4, 0.5) is 36.4 Å². The van der Waals surface area contributed by atoms with Crippen molar-refractivity contribution < 1.29 is 18.0 Å². The van der Waals surface area contributed by atoms with Gasteiger partial charge in [0.05, 0.1) is 16.7 Å². The second-order valence-electron chi connectivity index (χ2n) is 11.2. The standard InChI is InChI=1S/C30H36F3N7O/c1-19-7-6-16-40(19)28-37-24-14-18-39(26-23(30(31,32)33)8-5-15-35-26)17-13-22(24)25(38-28)36-21-11-9-20(10-12-21)29(2,3)27(41)34-4/h5,8-12,15,19H,6-7,13-14,16-18H2,1-4H3,(H,34,41)(H,36,37,38). The predicted octanol–water partition coefficient (Wildman–Crippen LogP) is 5.25. The summed E-state index contributed by atoms with van der Waals surface area (Å²) in [5, 5.41) is 6.17. The third-order valence-electron chi connectivity index (χ3n) is 8.20. The fourth-order valence-corrected chi connectivity index (χ4v) is 5.68. The molecule has 0 bridgehead atoms. The van der Waals surface area contributed by atoms with E-state index in [2.05, 4.69) is 27.4 Å². The molecule has 0 spiro atoms. The molecule has 8 nitrogen and oxygen atoms in total. The molecule has 218 valence electrons. The minimum Gasteiger partial charge on any atom is -0.358 e. The van der Waals surface area contributed by atoms with E-state index in [1.807, 2.05) is 38.1 Å². The molecule has 1 unspecified atom stereocenters. The number of fused-ring (bicyclic) bond motifs is 1. The van der Waals surface area contributed by atoms with Gasteiger partial charge in [0.2, 0.25) is 11.9 Å². The molecule has 0 aliphatic carbocycles. The van der Waals surface area contributed by atoms with E-state index in [4.69, 9.17) is 9.97 Å². The van der Waals surface area contributed by atoms with E-state index < -0.39 is 17.2 Å². The van der Waals surface area contributed by atoms with Crippen LogP contribution in [0.1, 0.15) is 56.0 Å². The maximum absolute atomic E-state index is 13.8. The van der Waals surface area contributed by atoms with Crippen LogP contribution in [-0.4, -0.2) is 53.6 Å². The number of anilines is 4. The summed E-state index contributed by atoms with van der Waals surface area (Å²) in [6.07, 6.45) is -0.0532. The number of nitrogens with zero attached hydrogens (tertiary/aromatic N) is 5. The number of likely N-dealkylation sites (N-methyl/N-ethyl adjacent to an activating group) is 1. The predicted molar refractivity (Wildman–Crippen MR) is 154 cm³/mol. The summed E-state index contributed by atoms with van der Waals surface area (Å²) in [6, 6.07) is 10.4. The molecule has 3 aromatic rings. The average Bonchev–Trinajstić information content (AvgIpc) is 3.26. The fraction of sp³-hybridized carbons (Fsp3) is 0.467. The van der Waals surface area contributed by atoms with Gasteiger partial charge in [0.1, 0.15) is 11.6 Å². The van der Waals surface area contributed by atoms with Gasteiger partial charge in [-0.1, -0.05) is 12.1 Å². The zero-order valence-corrected chi connectivity index (χ0v) is 23.8. The number of hydrogen-bond acceptors (Lipinski definition) is 7. The molecule has 11 heteroatoms. The van der Waals surface area contributed by atoms with Gasteiger partial charge in [0.25, 0.3) is 0 Å². The van der Waals surface area contributed by atoms with Gasteiger partial charge >= 0.3 is 6.18 Å². The molecule has 0 radical (unpaired) electrons. The van der Waals surface area contributed by atoms with Gasteiger partial charge in [-0.05, 0) is 69.9 Å². The molecule has 1 saturated heterocycles. The van der Waals surface area contributed by atoms with Gasteiger partial charge in [-0.2, -0.15) is 18.2 Å². The van der Waals surface area contributed by atoms with Crippen molar-refractivity contribution in [3.8, 4) is 0 Å². The van der Waals surface area contributed by atoms with E-state index in [0.717, 1.165) is 48.0 Å². The fourth-order valence-electron chi connectivity index (χ4n) is 5.68. The lowest BCUT2D eigenvalue weighted by Crippen LogP contribution is -2.37. The largest absolute Gasteiger partial charge is 0.419 e. The highest BCUT2D eigenvalue weighted by Gasteiger charge is 2.36. The van der Waals surface area contributed by atoms with Crippen molar-refractivity contribution in [2.45, 2.75) is 64.1 Å². The van der Waals surface area contributed by atoms with Gasteiger partial charge < -0.3 is 20.4 Å². The second kappa shape index (κ2) is 11.2. The first kappa shape index (κ1) is 28.6. The second-order valence-corrected chi connectivity index (χ2v) is 11.2. The summed E-state index contributed by atoms with van der Waals surface area (Å²) in [4.78, 5) is 30.3. The number of hydrogen-bond donors (Lipinski definition) is 2. The SMILES string of the molecule is CNC(=O)C(C)(C)c1ccc(Nc2nc(N3CCCC3C)nc3c2CCN(c2ncccc2C(F)(F)F)CC3)cc1. The van der Waals surface area contributed by atoms with Gasteiger partial charge in [-0.3, -0.25) is 4.79 Å². The molecule has 1 atom stereocenters. The zero-order chi connectivity index (χ0) is 29.4. The molecule has 2 aliphatic heterocycles. The highest BCUT2D eigenvalue weighted by Crippen LogP contribution is 2.37. The van der Waals surface area contributed by atoms with Crippen LogP contribution in [0.3, 0.4) is 0 Å². The van der Waals surface area contributed by atoms with Crippen molar-refractivity contribution in [1.29, 1.82) is 0 Å². The van der Waals surface area contributed by atoms with Crippen molar-refractivity contribution in [2.24, 2.45) is 0 Å². The van der Waals surface area contributed by atoms with Crippen molar-refractivity contribution in [3.05, 3.63) is 65.0 Å². The Morgan fingerprint density at radius 2 is 1.76 bits per heavy atom. The van der Waals surface area contributed by atoms with Crippen LogP contribution in [0.2, 0.25) is 0 Å². The number of carbonyl (C=O) groups excluding carboxylic acids is 1. The number of aromatic nitrogens is 3. The van der Waals surface area contributed by atoms with Crippen LogP contribution >= 0.6 is 0 Å². The van der Waals surface area contributed by atoms with E-state index in [1.165, 1.54) is 12.3 Å². The molecule has 5 rings (SSSR count). The van der Waals surface area contributed by atoms with Crippen molar-refractivity contribution in [3.63, 3.8) is 0 Å².